The molecule has 0 aliphatic heterocycles. The Morgan fingerprint density at radius 2 is 2.00 bits per heavy atom. The molecule has 21 heavy (non-hydrogen) atoms. The van der Waals surface area contributed by atoms with E-state index >= 15 is 0 Å². The van der Waals surface area contributed by atoms with Crippen molar-refractivity contribution in [2.24, 2.45) is 0 Å². The summed E-state index contributed by atoms with van der Waals surface area (Å²) in [5.74, 6) is -1.53. The summed E-state index contributed by atoms with van der Waals surface area (Å²) in [6.07, 6.45) is -4.68. The summed E-state index contributed by atoms with van der Waals surface area (Å²) >= 11 is 3.17. The molecule has 116 valence electrons. The summed E-state index contributed by atoms with van der Waals surface area (Å²) < 4.78 is 37.8. The fourth-order valence-electron chi connectivity index (χ4n) is 1.50. The van der Waals surface area contributed by atoms with E-state index in [-0.39, 0.29) is 4.90 Å². The van der Waals surface area contributed by atoms with Gasteiger partial charge >= 0.3 is 18.2 Å². The predicted octanol–water partition coefficient (Wildman–Crippen LogP) is 3.24. The van der Waals surface area contributed by atoms with Crippen LogP contribution in [-0.2, 0) is 4.79 Å². The second kappa shape index (κ2) is 6.79. The van der Waals surface area contributed by atoms with Crippen molar-refractivity contribution >= 4 is 33.6 Å². The van der Waals surface area contributed by atoms with Crippen molar-refractivity contribution in [3.05, 3.63) is 28.2 Å². The molecule has 2 N–H and O–H groups in total. The van der Waals surface area contributed by atoms with Crippen molar-refractivity contribution in [1.82, 2.24) is 4.90 Å². The summed E-state index contributed by atoms with van der Waals surface area (Å²) in [6.45, 7) is -1.02. The van der Waals surface area contributed by atoms with Crippen molar-refractivity contribution in [3.63, 3.8) is 0 Å². The van der Waals surface area contributed by atoms with E-state index in [9.17, 15) is 22.8 Å². The molecule has 0 fully saturated rings. The maximum Gasteiger partial charge on any atom is 0.406 e. The highest BCUT2D eigenvalue weighted by Gasteiger charge is 2.34. The molecule has 0 saturated heterocycles. The number of carboxylic acid groups (broad SMARTS) is 1. The number of rotatable bonds is 4. The van der Waals surface area contributed by atoms with Gasteiger partial charge in [0.1, 0.15) is 13.1 Å². The van der Waals surface area contributed by atoms with Crippen molar-refractivity contribution in [3.8, 4) is 0 Å². The third-order valence-corrected chi connectivity index (χ3v) is 2.92. The van der Waals surface area contributed by atoms with Crippen LogP contribution in [0, 0.1) is 6.92 Å². The van der Waals surface area contributed by atoms with Gasteiger partial charge in [-0.3, -0.25) is 4.79 Å². The number of hydrogen-bond donors (Lipinski definition) is 2. The molecule has 0 radical (unpaired) electrons. The second-order valence-electron chi connectivity index (χ2n) is 4.25. The molecule has 0 aromatic heterocycles. The number of halogens is 4. The summed E-state index contributed by atoms with van der Waals surface area (Å²) in [6, 6.07) is 3.75. The number of alkyl halides is 3. The van der Waals surface area contributed by atoms with Crippen molar-refractivity contribution in [2.45, 2.75) is 13.1 Å². The number of hydrogen-bond acceptors (Lipinski definition) is 2. The Balaban J connectivity index is 2.89. The number of benzene rings is 1. The van der Waals surface area contributed by atoms with E-state index in [1.807, 2.05) is 0 Å². The number of aliphatic carboxylic acids is 1. The smallest absolute Gasteiger partial charge is 0.406 e. The maximum absolute atomic E-state index is 12.4. The van der Waals surface area contributed by atoms with Gasteiger partial charge in [-0.2, -0.15) is 13.2 Å². The monoisotopic (exact) mass is 368 g/mol. The third kappa shape index (κ3) is 6.03. The van der Waals surface area contributed by atoms with Crippen LogP contribution >= 0.6 is 15.9 Å². The van der Waals surface area contributed by atoms with Crippen LogP contribution in [0.1, 0.15) is 5.56 Å². The van der Waals surface area contributed by atoms with E-state index in [1.54, 1.807) is 19.1 Å². The number of urea groups is 1. The van der Waals surface area contributed by atoms with Gasteiger partial charge in [0, 0.05) is 10.2 Å². The van der Waals surface area contributed by atoms with E-state index in [2.05, 4.69) is 21.2 Å². The maximum atomic E-state index is 12.4. The normalized spacial score (nSPS) is 11.1. The first-order valence-electron chi connectivity index (χ1n) is 5.69. The number of amides is 2. The minimum atomic E-state index is -4.68. The largest absolute Gasteiger partial charge is 0.480 e. The lowest BCUT2D eigenvalue weighted by molar-refractivity contribution is -0.148. The Morgan fingerprint density at radius 1 is 1.38 bits per heavy atom. The minimum absolute atomic E-state index is 0.183. The molecule has 1 rings (SSSR count). The molecular weight excluding hydrogens is 357 g/mol. The average molecular weight is 369 g/mol. The highest BCUT2D eigenvalue weighted by Crippen LogP contribution is 2.22. The van der Waals surface area contributed by atoms with E-state index in [0.29, 0.717) is 15.7 Å². The molecule has 1 aromatic carbocycles. The molecule has 0 bridgehead atoms. The van der Waals surface area contributed by atoms with Crippen molar-refractivity contribution in [1.29, 1.82) is 0 Å². The van der Waals surface area contributed by atoms with Crippen molar-refractivity contribution in [2.75, 3.05) is 18.4 Å². The van der Waals surface area contributed by atoms with Gasteiger partial charge < -0.3 is 15.3 Å². The molecule has 9 heteroatoms. The minimum Gasteiger partial charge on any atom is -0.480 e. The molecule has 0 aliphatic carbocycles. The molecule has 0 aliphatic rings. The molecule has 0 heterocycles. The Kier molecular flexibility index (Phi) is 5.59. The number of carbonyl (C=O) groups excluding carboxylic acids is 1. The quantitative estimate of drug-likeness (QED) is 0.856. The Hall–Kier alpha value is -1.77. The number of anilines is 1. The van der Waals surface area contributed by atoms with Crippen LogP contribution in [0.3, 0.4) is 0 Å². The lowest BCUT2D eigenvalue weighted by atomic mass is 10.2. The first-order valence-corrected chi connectivity index (χ1v) is 6.48. The van der Waals surface area contributed by atoms with Gasteiger partial charge in [-0.15, -0.1) is 0 Å². The zero-order chi connectivity index (χ0) is 16.2. The van der Waals surface area contributed by atoms with Crippen molar-refractivity contribution < 1.29 is 27.9 Å². The van der Waals surface area contributed by atoms with Gasteiger partial charge in [-0.1, -0.05) is 22.0 Å². The standard InChI is InChI=1S/C12H12BrF3N2O3/c1-7-2-3-8(13)4-9(7)17-11(21)18(5-10(19)20)6-12(14,15)16/h2-4H,5-6H2,1H3,(H,17,21)(H,19,20). The van der Waals surface area contributed by atoms with Crippen LogP contribution in [0.15, 0.2) is 22.7 Å². The summed E-state index contributed by atoms with van der Waals surface area (Å²) in [4.78, 5) is 22.6. The number of carbonyl (C=O) groups is 2. The van der Waals surface area contributed by atoms with E-state index in [0.717, 1.165) is 0 Å². The Bertz CT molecular complexity index is 549. The molecular formula is C12H12BrF3N2O3. The third-order valence-electron chi connectivity index (χ3n) is 2.42. The fraction of sp³-hybridized carbons (Fsp3) is 0.333. The van der Waals surface area contributed by atoms with Crippen LogP contribution in [0.5, 0.6) is 0 Å². The van der Waals surface area contributed by atoms with Gasteiger partial charge in [0.2, 0.25) is 0 Å². The number of nitrogens with zero attached hydrogens (tertiary/aromatic N) is 1. The molecule has 0 atom stereocenters. The lowest BCUT2D eigenvalue weighted by Crippen LogP contribution is -2.44. The van der Waals surface area contributed by atoms with E-state index in [4.69, 9.17) is 5.11 Å². The summed E-state index contributed by atoms with van der Waals surface area (Å²) in [5.41, 5.74) is 0.931. The highest BCUT2D eigenvalue weighted by molar-refractivity contribution is 9.10. The summed E-state index contributed by atoms with van der Waals surface area (Å²) in [7, 11) is 0. The van der Waals surface area contributed by atoms with Gasteiger partial charge in [0.25, 0.3) is 0 Å². The van der Waals surface area contributed by atoms with Crippen LogP contribution < -0.4 is 5.32 Å². The number of nitrogens with one attached hydrogen (secondary N) is 1. The summed E-state index contributed by atoms with van der Waals surface area (Å²) in [5, 5.41) is 10.9. The molecule has 0 unspecified atom stereocenters. The van der Waals surface area contributed by atoms with Gasteiger partial charge in [-0.25, -0.2) is 4.79 Å². The number of aryl methyl sites for hydroxylation is 1. The van der Waals surface area contributed by atoms with Gasteiger partial charge in [0.05, 0.1) is 0 Å². The van der Waals surface area contributed by atoms with Crippen LogP contribution in [0.2, 0.25) is 0 Å². The molecule has 5 nitrogen and oxygen atoms in total. The first-order chi connectivity index (χ1) is 9.58. The van der Waals surface area contributed by atoms with Crippen LogP contribution in [0.25, 0.3) is 0 Å². The van der Waals surface area contributed by atoms with Gasteiger partial charge in [-0.05, 0) is 24.6 Å². The highest BCUT2D eigenvalue weighted by atomic mass is 79.9. The zero-order valence-corrected chi connectivity index (χ0v) is 12.5. The molecule has 0 saturated carbocycles. The molecule has 2 amide bonds. The topological polar surface area (TPSA) is 69.6 Å². The first kappa shape index (κ1) is 17.3. The zero-order valence-electron chi connectivity index (χ0n) is 10.9. The average Bonchev–Trinajstić information content (AvgIpc) is 2.30. The van der Waals surface area contributed by atoms with Crippen LogP contribution in [-0.4, -0.2) is 41.3 Å². The predicted molar refractivity (Wildman–Crippen MR) is 73.2 cm³/mol. The second-order valence-corrected chi connectivity index (χ2v) is 5.17. The Labute approximate surface area is 126 Å². The SMILES string of the molecule is Cc1ccc(Br)cc1NC(=O)N(CC(=O)O)CC(F)(F)F. The molecule has 0 spiro atoms. The fourth-order valence-corrected chi connectivity index (χ4v) is 1.86. The van der Waals surface area contributed by atoms with Crippen LogP contribution in [0.4, 0.5) is 23.7 Å². The molecule has 1 aromatic rings. The lowest BCUT2D eigenvalue weighted by Gasteiger charge is -2.23. The van der Waals surface area contributed by atoms with E-state index in [1.165, 1.54) is 6.07 Å². The van der Waals surface area contributed by atoms with Gasteiger partial charge in [0.15, 0.2) is 0 Å². The Morgan fingerprint density at radius 3 is 2.52 bits per heavy atom. The number of carboxylic acids is 1. The van der Waals surface area contributed by atoms with E-state index < -0.39 is 31.3 Å².